The number of hydrogen-bond donors (Lipinski definition) is 1. The predicted octanol–water partition coefficient (Wildman–Crippen LogP) is 3.12. The zero-order chi connectivity index (χ0) is 11.7. The summed E-state index contributed by atoms with van der Waals surface area (Å²) < 4.78 is 27.7. The van der Waals surface area contributed by atoms with Crippen LogP contribution in [0.2, 0.25) is 0 Å². The Kier molecular flexibility index (Phi) is 3.24. The van der Waals surface area contributed by atoms with Crippen molar-refractivity contribution in [3.8, 4) is 0 Å². The average Bonchev–Trinajstić information content (AvgIpc) is 2.72. The van der Waals surface area contributed by atoms with Crippen LogP contribution in [0.5, 0.6) is 0 Å². The van der Waals surface area contributed by atoms with Crippen LogP contribution in [0.3, 0.4) is 0 Å². The van der Waals surface area contributed by atoms with Gasteiger partial charge in [-0.25, -0.2) is 8.78 Å². The van der Waals surface area contributed by atoms with Crippen LogP contribution in [0.25, 0.3) is 0 Å². The van der Waals surface area contributed by atoms with Crippen molar-refractivity contribution in [3.05, 3.63) is 34.9 Å². The molecule has 1 aliphatic carbocycles. The first-order valence-electron chi connectivity index (χ1n) is 5.79. The van der Waals surface area contributed by atoms with Crippen molar-refractivity contribution in [3.63, 3.8) is 0 Å². The van der Waals surface area contributed by atoms with E-state index in [4.69, 9.17) is 5.73 Å². The molecular formula is C13H17F2N. The first-order valence-corrected chi connectivity index (χ1v) is 5.79. The highest BCUT2D eigenvalue weighted by Crippen LogP contribution is 2.41. The largest absolute Gasteiger partial charge is 0.330 e. The summed E-state index contributed by atoms with van der Waals surface area (Å²) in [5.41, 5.74) is 6.43. The van der Waals surface area contributed by atoms with Gasteiger partial charge in [0.05, 0.1) is 0 Å². The summed E-state index contributed by atoms with van der Waals surface area (Å²) in [5, 5.41) is 0. The summed E-state index contributed by atoms with van der Waals surface area (Å²) in [6, 6.07) is 2.85. The van der Waals surface area contributed by atoms with E-state index in [1.54, 1.807) is 6.92 Å². The normalized spacial score (nSPS) is 25.0. The first kappa shape index (κ1) is 11.5. The molecule has 0 spiro atoms. The molecule has 0 saturated heterocycles. The van der Waals surface area contributed by atoms with E-state index < -0.39 is 5.82 Å². The molecule has 0 aromatic heterocycles. The van der Waals surface area contributed by atoms with E-state index in [-0.39, 0.29) is 23.2 Å². The molecule has 1 nitrogen and oxygen atoms in total. The van der Waals surface area contributed by atoms with Crippen LogP contribution in [0.1, 0.15) is 36.3 Å². The Balaban J connectivity index is 2.43. The SMILES string of the molecule is Cc1ccc(F)c(C2CCCC2CN)c1F. The fourth-order valence-corrected chi connectivity index (χ4v) is 2.72. The van der Waals surface area contributed by atoms with Crippen molar-refractivity contribution in [1.29, 1.82) is 0 Å². The molecule has 0 heterocycles. The molecular weight excluding hydrogens is 208 g/mol. The molecule has 1 saturated carbocycles. The zero-order valence-corrected chi connectivity index (χ0v) is 9.47. The molecule has 1 aromatic rings. The first-order chi connectivity index (χ1) is 7.65. The maximum Gasteiger partial charge on any atom is 0.132 e. The predicted molar refractivity (Wildman–Crippen MR) is 60.2 cm³/mol. The van der Waals surface area contributed by atoms with Crippen molar-refractivity contribution in [2.45, 2.75) is 32.1 Å². The summed E-state index contributed by atoms with van der Waals surface area (Å²) in [4.78, 5) is 0. The molecule has 16 heavy (non-hydrogen) atoms. The topological polar surface area (TPSA) is 26.0 Å². The molecule has 0 aliphatic heterocycles. The number of nitrogens with two attached hydrogens (primary N) is 1. The van der Waals surface area contributed by atoms with Gasteiger partial charge in [0.15, 0.2) is 0 Å². The van der Waals surface area contributed by atoms with E-state index in [9.17, 15) is 8.78 Å². The third kappa shape index (κ3) is 1.84. The lowest BCUT2D eigenvalue weighted by molar-refractivity contribution is 0.447. The third-order valence-electron chi connectivity index (χ3n) is 3.65. The van der Waals surface area contributed by atoms with Gasteiger partial charge in [0.2, 0.25) is 0 Å². The Labute approximate surface area is 94.7 Å². The summed E-state index contributed by atoms with van der Waals surface area (Å²) in [6.45, 7) is 2.18. The fraction of sp³-hybridized carbons (Fsp3) is 0.538. The van der Waals surface area contributed by atoms with Gasteiger partial charge in [-0.05, 0) is 49.8 Å². The average molecular weight is 225 g/mol. The van der Waals surface area contributed by atoms with Crippen LogP contribution >= 0.6 is 0 Å². The van der Waals surface area contributed by atoms with Gasteiger partial charge in [0, 0.05) is 5.56 Å². The molecule has 88 valence electrons. The van der Waals surface area contributed by atoms with Crippen LogP contribution < -0.4 is 5.73 Å². The van der Waals surface area contributed by atoms with Gasteiger partial charge >= 0.3 is 0 Å². The summed E-state index contributed by atoms with van der Waals surface area (Å²) in [7, 11) is 0. The molecule has 0 radical (unpaired) electrons. The highest BCUT2D eigenvalue weighted by atomic mass is 19.1. The molecule has 2 N–H and O–H groups in total. The number of aryl methyl sites for hydroxylation is 1. The van der Waals surface area contributed by atoms with Gasteiger partial charge in [-0.15, -0.1) is 0 Å². The highest BCUT2D eigenvalue weighted by molar-refractivity contribution is 5.30. The molecule has 0 bridgehead atoms. The van der Waals surface area contributed by atoms with Crippen molar-refractivity contribution in [1.82, 2.24) is 0 Å². The molecule has 2 rings (SSSR count). The second kappa shape index (κ2) is 4.50. The van der Waals surface area contributed by atoms with Gasteiger partial charge < -0.3 is 5.73 Å². The van der Waals surface area contributed by atoms with Crippen molar-refractivity contribution in [2.75, 3.05) is 6.54 Å². The minimum Gasteiger partial charge on any atom is -0.330 e. The quantitative estimate of drug-likeness (QED) is 0.822. The Morgan fingerprint density at radius 3 is 2.75 bits per heavy atom. The fourth-order valence-electron chi connectivity index (χ4n) is 2.72. The van der Waals surface area contributed by atoms with Gasteiger partial charge in [-0.3, -0.25) is 0 Å². The standard InChI is InChI=1S/C13H17F2N/c1-8-5-6-11(14)12(13(8)15)10-4-2-3-9(10)7-16/h5-6,9-10H,2-4,7,16H2,1H3. The molecule has 1 aliphatic rings. The number of hydrogen-bond acceptors (Lipinski definition) is 1. The number of benzene rings is 1. The van der Waals surface area contributed by atoms with E-state index in [0.29, 0.717) is 12.1 Å². The molecule has 2 unspecified atom stereocenters. The minimum absolute atomic E-state index is 0.0371. The van der Waals surface area contributed by atoms with Crippen LogP contribution in [-0.4, -0.2) is 6.54 Å². The molecule has 3 heteroatoms. The van der Waals surface area contributed by atoms with Gasteiger partial charge in [0.1, 0.15) is 11.6 Å². The van der Waals surface area contributed by atoms with Crippen LogP contribution in [0.15, 0.2) is 12.1 Å². The Hall–Kier alpha value is -0.960. The van der Waals surface area contributed by atoms with Crippen LogP contribution in [0, 0.1) is 24.5 Å². The van der Waals surface area contributed by atoms with Gasteiger partial charge in [-0.2, -0.15) is 0 Å². The minimum atomic E-state index is -0.423. The van der Waals surface area contributed by atoms with E-state index in [1.807, 2.05) is 0 Å². The summed E-state index contributed by atoms with van der Waals surface area (Å²) in [5.74, 6) is -0.616. The van der Waals surface area contributed by atoms with Crippen molar-refractivity contribution >= 4 is 0 Å². The maximum atomic E-state index is 13.9. The smallest absolute Gasteiger partial charge is 0.132 e. The van der Waals surface area contributed by atoms with Crippen LogP contribution in [-0.2, 0) is 0 Å². The lowest BCUT2D eigenvalue weighted by atomic mass is 9.87. The van der Waals surface area contributed by atoms with E-state index >= 15 is 0 Å². The number of halogens is 2. The molecule has 1 aromatic carbocycles. The molecule has 0 amide bonds. The zero-order valence-electron chi connectivity index (χ0n) is 9.47. The Morgan fingerprint density at radius 1 is 1.31 bits per heavy atom. The molecule has 2 atom stereocenters. The lowest BCUT2D eigenvalue weighted by Crippen LogP contribution is -2.19. The second-order valence-electron chi connectivity index (χ2n) is 4.63. The second-order valence-corrected chi connectivity index (χ2v) is 4.63. The Morgan fingerprint density at radius 2 is 2.06 bits per heavy atom. The summed E-state index contributed by atoms with van der Waals surface area (Å²) >= 11 is 0. The number of rotatable bonds is 2. The van der Waals surface area contributed by atoms with Gasteiger partial charge in [-0.1, -0.05) is 12.5 Å². The highest BCUT2D eigenvalue weighted by Gasteiger charge is 2.32. The maximum absolute atomic E-state index is 13.9. The molecule has 1 fully saturated rings. The Bertz CT molecular complexity index is 390. The van der Waals surface area contributed by atoms with Gasteiger partial charge in [0.25, 0.3) is 0 Å². The van der Waals surface area contributed by atoms with E-state index in [1.165, 1.54) is 12.1 Å². The monoisotopic (exact) mass is 225 g/mol. The van der Waals surface area contributed by atoms with E-state index in [0.717, 1.165) is 19.3 Å². The van der Waals surface area contributed by atoms with Crippen LogP contribution in [0.4, 0.5) is 8.78 Å². The van der Waals surface area contributed by atoms with Crippen molar-refractivity contribution in [2.24, 2.45) is 11.7 Å². The van der Waals surface area contributed by atoms with E-state index in [2.05, 4.69) is 0 Å². The summed E-state index contributed by atoms with van der Waals surface area (Å²) in [6.07, 6.45) is 2.84. The van der Waals surface area contributed by atoms with Crippen molar-refractivity contribution < 1.29 is 8.78 Å². The lowest BCUT2D eigenvalue weighted by Gasteiger charge is -2.20. The third-order valence-corrected chi connectivity index (χ3v) is 3.65.